The summed E-state index contributed by atoms with van der Waals surface area (Å²) in [6.07, 6.45) is 3.13. The quantitative estimate of drug-likeness (QED) is 0.0527. The summed E-state index contributed by atoms with van der Waals surface area (Å²) in [5, 5.41) is 0. The van der Waals surface area contributed by atoms with Gasteiger partial charge in [-0.3, -0.25) is 0 Å². The first kappa shape index (κ1) is 39.0. The molecule has 6 heteroatoms. The third-order valence-corrected chi connectivity index (χ3v) is 9.39. The molecule has 0 atom stereocenters. The Morgan fingerprint density at radius 3 is 1.02 bits per heavy atom. The normalized spacial score (nSPS) is 10.7. The predicted octanol–water partition coefficient (Wildman–Crippen LogP) is 12.4. The molecule has 0 aliphatic rings. The summed E-state index contributed by atoms with van der Waals surface area (Å²) in [5.74, 6) is -0.686. The Morgan fingerprint density at radius 1 is 0.429 bits per heavy atom. The Labute approximate surface area is 331 Å². The van der Waals surface area contributed by atoms with Crippen molar-refractivity contribution >= 4 is 46.1 Å². The predicted molar refractivity (Wildman–Crippen MR) is 229 cm³/mol. The number of benzene rings is 6. The summed E-state index contributed by atoms with van der Waals surface area (Å²) in [6.45, 7) is 11.3. The van der Waals surface area contributed by atoms with Crippen molar-refractivity contribution in [3.63, 3.8) is 0 Å². The fourth-order valence-corrected chi connectivity index (χ4v) is 6.41. The van der Waals surface area contributed by atoms with Gasteiger partial charge in [-0.2, -0.15) is 0 Å². The van der Waals surface area contributed by atoms with E-state index in [9.17, 15) is 9.59 Å². The maximum absolute atomic E-state index is 11.7. The van der Waals surface area contributed by atoms with Gasteiger partial charge in [-0.15, -0.1) is 0 Å². The van der Waals surface area contributed by atoms with Gasteiger partial charge in [-0.25, -0.2) is 9.59 Å². The van der Waals surface area contributed by atoms with Gasteiger partial charge < -0.3 is 19.3 Å². The number of carbonyl (C=O) groups is 2. The topological polar surface area (TPSA) is 59.1 Å². The lowest BCUT2D eigenvalue weighted by Gasteiger charge is -2.26. The first-order valence-electron chi connectivity index (χ1n) is 19.0. The second-order valence-corrected chi connectivity index (χ2v) is 13.8. The first-order chi connectivity index (χ1) is 27.3. The van der Waals surface area contributed by atoms with Gasteiger partial charge in [0.05, 0.1) is 13.2 Å². The van der Waals surface area contributed by atoms with E-state index in [0.29, 0.717) is 24.4 Å². The minimum Gasteiger partial charge on any atom is -0.462 e. The standard InChI is InChI=1S/C50H48N2O4/c1-37(2)49(53)55-35-11-13-39-19-27-45(28-20-39)51(43-15-7-5-8-16-43)47-31-23-41(24-32-47)42-25-33-48(34-26-42)52(44-17-9-6-10-18-44)46-29-21-40(22-30-46)14-12-36-56-50(54)38(3)4/h5-10,15-34H,1,3,11-14,35-36H2,2,4H3. The van der Waals surface area contributed by atoms with Crippen molar-refractivity contribution < 1.29 is 19.1 Å². The molecule has 0 saturated carbocycles. The Hall–Kier alpha value is -6.66. The molecule has 6 nitrogen and oxygen atoms in total. The lowest BCUT2D eigenvalue weighted by atomic mass is 10.0. The van der Waals surface area contributed by atoms with Gasteiger partial charge in [-0.05, 0) is 135 Å². The van der Waals surface area contributed by atoms with Gasteiger partial charge in [-0.1, -0.05) is 98.1 Å². The molecule has 0 aliphatic heterocycles. The van der Waals surface area contributed by atoms with E-state index < -0.39 is 0 Å². The summed E-state index contributed by atoms with van der Waals surface area (Å²) in [5.41, 5.74) is 11.8. The zero-order chi connectivity index (χ0) is 39.3. The van der Waals surface area contributed by atoms with Crippen LogP contribution in [0, 0.1) is 0 Å². The molecule has 0 amide bonds. The number of ether oxygens (including phenoxy) is 2. The Kier molecular flexibility index (Phi) is 13.3. The van der Waals surface area contributed by atoms with Crippen LogP contribution in [0.15, 0.2) is 182 Å². The molecule has 6 aromatic rings. The molecule has 6 aromatic carbocycles. The van der Waals surface area contributed by atoms with E-state index in [0.717, 1.165) is 70.9 Å². The molecular weight excluding hydrogens is 693 g/mol. The number of para-hydroxylation sites is 2. The summed E-state index contributed by atoms with van der Waals surface area (Å²) >= 11 is 0. The molecule has 56 heavy (non-hydrogen) atoms. The molecule has 282 valence electrons. The molecular formula is C50H48N2O4. The number of hydrogen-bond acceptors (Lipinski definition) is 6. The van der Waals surface area contributed by atoms with Crippen LogP contribution in [0.1, 0.15) is 37.8 Å². The molecule has 0 N–H and O–H groups in total. The molecule has 0 unspecified atom stereocenters. The zero-order valence-corrected chi connectivity index (χ0v) is 32.2. The van der Waals surface area contributed by atoms with Crippen LogP contribution in [0.2, 0.25) is 0 Å². The van der Waals surface area contributed by atoms with Gasteiger partial charge >= 0.3 is 11.9 Å². The molecule has 0 bridgehead atoms. The van der Waals surface area contributed by atoms with Crippen molar-refractivity contribution in [3.8, 4) is 11.1 Å². The van der Waals surface area contributed by atoms with Crippen molar-refractivity contribution in [3.05, 3.63) is 193 Å². The highest BCUT2D eigenvalue weighted by molar-refractivity contribution is 5.87. The van der Waals surface area contributed by atoms with E-state index in [-0.39, 0.29) is 11.9 Å². The third-order valence-electron chi connectivity index (χ3n) is 9.39. The van der Waals surface area contributed by atoms with E-state index in [1.807, 2.05) is 12.1 Å². The fourth-order valence-electron chi connectivity index (χ4n) is 6.41. The number of nitrogens with zero attached hydrogens (tertiary/aromatic N) is 2. The number of rotatable bonds is 17. The van der Waals surface area contributed by atoms with Crippen molar-refractivity contribution in [1.82, 2.24) is 0 Å². The Morgan fingerprint density at radius 2 is 0.714 bits per heavy atom. The van der Waals surface area contributed by atoms with Crippen LogP contribution in [0.25, 0.3) is 11.1 Å². The summed E-state index contributed by atoms with van der Waals surface area (Å²) < 4.78 is 10.5. The van der Waals surface area contributed by atoms with Crippen LogP contribution in [-0.2, 0) is 31.9 Å². The first-order valence-corrected chi connectivity index (χ1v) is 19.0. The van der Waals surface area contributed by atoms with E-state index in [1.165, 1.54) is 11.1 Å². The molecule has 0 fully saturated rings. The van der Waals surface area contributed by atoms with Gasteiger partial charge in [0.25, 0.3) is 0 Å². The molecule has 0 heterocycles. The molecule has 0 aromatic heterocycles. The Bertz CT molecular complexity index is 2050. The number of anilines is 6. The van der Waals surface area contributed by atoms with Crippen molar-refractivity contribution in [2.75, 3.05) is 23.0 Å². The lowest BCUT2D eigenvalue weighted by molar-refractivity contribution is -0.139. The van der Waals surface area contributed by atoms with Crippen molar-refractivity contribution in [2.24, 2.45) is 0 Å². The molecule has 0 radical (unpaired) electrons. The van der Waals surface area contributed by atoms with Crippen LogP contribution < -0.4 is 9.80 Å². The lowest BCUT2D eigenvalue weighted by Crippen LogP contribution is -2.10. The van der Waals surface area contributed by atoms with Gasteiger partial charge in [0, 0.05) is 45.3 Å². The van der Waals surface area contributed by atoms with Crippen LogP contribution in [0.3, 0.4) is 0 Å². The second kappa shape index (κ2) is 19.1. The molecule has 6 rings (SSSR count). The second-order valence-electron chi connectivity index (χ2n) is 13.8. The SMILES string of the molecule is C=C(C)C(=O)OCCCc1ccc(N(c2ccccc2)c2ccc(-c3ccc(N(c4ccccc4)c4ccc(CCCOC(=O)C(=C)C)cc4)cc3)cc2)cc1. The maximum atomic E-state index is 11.7. The van der Waals surface area contributed by atoms with Gasteiger partial charge in [0.2, 0.25) is 0 Å². The number of carbonyl (C=O) groups excluding carboxylic acids is 2. The number of hydrogen-bond donors (Lipinski definition) is 0. The van der Waals surface area contributed by atoms with Crippen molar-refractivity contribution in [1.29, 1.82) is 0 Å². The third kappa shape index (κ3) is 10.3. The fraction of sp³-hybridized carbons (Fsp3) is 0.160. The largest absolute Gasteiger partial charge is 0.462 e. The number of esters is 2. The minimum absolute atomic E-state index is 0.343. The molecule has 0 saturated heterocycles. The number of aryl methyl sites for hydroxylation is 2. The zero-order valence-electron chi connectivity index (χ0n) is 32.2. The monoisotopic (exact) mass is 740 g/mol. The molecule has 0 aliphatic carbocycles. The van der Waals surface area contributed by atoms with Crippen LogP contribution in [0.4, 0.5) is 34.1 Å². The average Bonchev–Trinajstić information content (AvgIpc) is 3.23. The highest BCUT2D eigenvalue weighted by Crippen LogP contribution is 2.38. The van der Waals surface area contributed by atoms with E-state index in [2.05, 4.69) is 169 Å². The highest BCUT2D eigenvalue weighted by Gasteiger charge is 2.15. The highest BCUT2D eigenvalue weighted by atomic mass is 16.5. The Balaban J connectivity index is 1.16. The van der Waals surface area contributed by atoms with E-state index in [1.54, 1.807) is 13.8 Å². The van der Waals surface area contributed by atoms with Crippen LogP contribution >= 0.6 is 0 Å². The maximum Gasteiger partial charge on any atom is 0.333 e. The summed E-state index contributed by atoms with van der Waals surface area (Å²) in [6, 6.07) is 55.3. The van der Waals surface area contributed by atoms with Gasteiger partial charge in [0.1, 0.15) is 0 Å². The smallest absolute Gasteiger partial charge is 0.333 e. The average molecular weight is 741 g/mol. The van der Waals surface area contributed by atoms with E-state index in [4.69, 9.17) is 9.47 Å². The van der Waals surface area contributed by atoms with Crippen molar-refractivity contribution in [2.45, 2.75) is 39.5 Å². The minimum atomic E-state index is -0.343. The molecule has 0 spiro atoms. The summed E-state index contributed by atoms with van der Waals surface area (Å²) in [7, 11) is 0. The van der Waals surface area contributed by atoms with Crippen LogP contribution in [-0.4, -0.2) is 25.2 Å². The van der Waals surface area contributed by atoms with E-state index >= 15 is 0 Å². The van der Waals surface area contributed by atoms with Gasteiger partial charge in [0.15, 0.2) is 0 Å². The summed E-state index contributed by atoms with van der Waals surface area (Å²) in [4.78, 5) is 27.9. The van der Waals surface area contributed by atoms with Crippen LogP contribution in [0.5, 0.6) is 0 Å².